The molecule has 2 fully saturated rings. The number of hydrogen-bond acceptors (Lipinski definition) is 6. The van der Waals surface area contributed by atoms with Crippen LogP contribution in [-0.4, -0.2) is 59.1 Å². The molecule has 7 heteroatoms. The molecule has 0 unspecified atom stereocenters. The molecule has 0 atom stereocenters. The molecule has 2 heterocycles. The summed E-state index contributed by atoms with van der Waals surface area (Å²) in [7, 11) is 0. The first-order valence-corrected chi connectivity index (χ1v) is 9.76. The third kappa shape index (κ3) is 3.44. The molecule has 5 rings (SSSR count). The number of amides is 1. The predicted octanol–water partition coefficient (Wildman–Crippen LogP) is 2.32. The number of anilines is 2. The van der Waals surface area contributed by atoms with E-state index in [0.29, 0.717) is 18.7 Å². The molecule has 0 aromatic heterocycles. The molecule has 7 nitrogen and oxygen atoms in total. The second kappa shape index (κ2) is 6.77. The number of fused-ring (bicyclic) bond motifs is 1. The highest BCUT2D eigenvalue weighted by Gasteiger charge is 2.42. The van der Waals surface area contributed by atoms with Crippen LogP contribution in [0, 0.1) is 0 Å². The number of carbonyl (C=O) groups excluding carboxylic acids is 1. The van der Waals surface area contributed by atoms with E-state index in [-0.39, 0.29) is 5.91 Å². The van der Waals surface area contributed by atoms with Gasteiger partial charge in [-0.3, -0.25) is 9.69 Å². The van der Waals surface area contributed by atoms with Gasteiger partial charge in [0.25, 0.3) is 5.91 Å². The van der Waals surface area contributed by atoms with Crippen molar-refractivity contribution in [2.75, 3.05) is 43.7 Å². The second-order valence-corrected chi connectivity index (χ2v) is 7.94. The fourth-order valence-electron chi connectivity index (χ4n) is 3.85. The van der Waals surface area contributed by atoms with Gasteiger partial charge < -0.3 is 10.0 Å². The van der Waals surface area contributed by atoms with E-state index in [4.69, 9.17) is 4.94 Å². The summed E-state index contributed by atoms with van der Waals surface area (Å²) in [6.45, 7) is 3.80. The van der Waals surface area contributed by atoms with Crippen molar-refractivity contribution in [2.24, 2.45) is 0 Å². The summed E-state index contributed by atoms with van der Waals surface area (Å²) in [5.74, 6) is 0.0737. The SMILES string of the molecule is O=C(c1ccc(-c2ccc3c(c2)NON3)cc1)N1CCN(CC2(O)CC2)CC1. The number of nitrogens with one attached hydrogen (secondary N) is 2. The topological polar surface area (TPSA) is 77.1 Å². The highest BCUT2D eigenvalue weighted by molar-refractivity contribution is 5.95. The monoisotopic (exact) mass is 380 g/mol. The maximum atomic E-state index is 12.8. The number of rotatable bonds is 4. The van der Waals surface area contributed by atoms with Gasteiger partial charge in [0.2, 0.25) is 0 Å². The molecule has 3 aliphatic rings. The molecule has 0 spiro atoms. The summed E-state index contributed by atoms with van der Waals surface area (Å²) in [5, 5.41) is 10.1. The Kier molecular flexibility index (Phi) is 4.23. The summed E-state index contributed by atoms with van der Waals surface area (Å²) in [4.78, 5) is 22.0. The summed E-state index contributed by atoms with van der Waals surface area (Å²) in [6, 6.07) is 13.7. The lowest BCUT2D eigenvalue weighted by molar-refractivity contribution is 0.0473. The van der Waals surface area contributed by atoms with E-state index >= 15 is 0 Å². The fraction of sp³-hybridized carbons (Fsp3) is 0.381. The molecule has 1 amide bonds. The second-order valence-electron chi connectivity index (χ2n) is 7.94. The fourth-order valence-corrected chi connectivity index (χ4v) is 3.85. The zero-order valence-electron chi connectivity index (χ0n) is 15.6. The van der Waals surface area contributed by atoms with E-state index < -0.39 is 5.60 Å². The molecule has 2 aromatic rings. The molecule has 0 bridgehead atoms. The lowest BCUT2D eigenvalue weighted by atomic mass is 10.0. The van der Waals surface area contributed by atoms with Gasteiger partial charge in [0.05, 0.1) is 17.0 Å². The summed E-state index contributed by atoms with van der Waals surface area (Å²) in [6.07, 6.45) is 1.81. The van der Waals surface area contributed by atoms with Crippen LogP contribution in [-0.2, 0) is 4.94 Å². The molecule has 146 valence electrons. The van der Waals surface area contributed by atoms with Gasteiger partial charge in [-0.15, -0.1) is 0 Å². The van der Waals surface area contributed by atoms with E-state index in [2.05, 4.69) is 15.9 Å². The van der Waals surface area contributed by atoms with Crippen molar-refractivity contribution in [1.29, 1.82) is 0 Å². The zero-order chi connectivity index (χ0) is 19.1. The molecule has 28 heavy (non-hydrogen) atoms. The Hall–Kier alpha value is -2.61. The molecule has 3 N–H and O–H groups in total. The van der Waals surface area contributed by atoms with Crippen molar-refractivity contribution in [1.82, 2.24) is 9.80 Å². The minimum atomic E-state index is -0.461. The van der Waals surface area contributed by atoms with Gasteiger partial charge in [-0.2, -0.15) is 4.94 Å². The van der Waals surface area contributed by atoms with Crippen LogP contribution in [0.25, 0.3) is 11.1 Å². The van der Waals surface area contributed by atoms with Crippen LogP contribution in [0.1, 0.15) is 23.2 Å². The number of piperazine rings is 1. The Morgan fingerprint density at radius 2 is 1.64 bits per heavy atom. The van der Waals surface area contributed by atoms with E-state index in [1.54, 1.807) is 0 Å². The van der Waals surface area contributed by atoms with E-state index in [0.717, 1.165) is 55.0 Å². The van der Waals surface area contributed by atoms with Gasteiger partial charge in [0.1, 0.15) is 0 Å². The van der Waals surface area contributed by atoms with Gasteiger partial charge in [-0.25, -0.2) is 11.0 Å². The minimum absolute atomic E-state index is 0.0737. The van der Waals surface area contributed by atoms with Gasteiger partial charge in [-0.05, 0) is 48.2 Å². The smallest absolute Gasteiger partial charge is 0.253 e. The number of carbonyl (C=O) groups is 1. The van der Waals surface area contributed by atoms with E-state index in [1.807, 2.05) is 47.4 Å². The Labute approximate surface area is 163 Å². The van der Waals surface area contributed by atoms with Gasteiger partial charge in [0, 0.05) is 38.3 Å². The van der Waals surface area contributed by atoms with Crippen molar-refractivity contribution in [3.63, 3.8) is 0 Å². The standard InChI is InChI=1S/C21H24N4O3/c26-20(25-11-9-24(10-12-25)14-21(27)7-8-21)16-3-1-15(2-4-16)17-5-6-18-19(13-17)23-28-22-18/h1-6,13,22-23,27H,7-12,14H2. The van der Waals surface area contributed by atoms with Crippen LogP contribution < -0.4 is 11.0 Å². The maximum absolute atomic E-state index is 12.8. The summed E-state index contributed by atoms with van der Waals surface area (Å²) in [5.41, 5.74) is 9.75. The van der Waals surface area contributed by atoms with Gasteiger partial charge in [-0.1, -0.05) is 18.2 Å². The lowest BCUT2D eigenvalue weighted by Gasteiger charge is -2.35. The molecule has 0 radical (unpaired) electrons. The molecular weight excluding hydrogens is 356 g/mol. The van der Waals surface area contributed by atoms with Crippen LogP contribution in [0.4, 0.5) is 11.4 Å². The number of aliphatic hydroxyl groups is 1. The first-order chi connectivity index (χ1) is 13.6. The van der Waals surface area contributed by atoms with Crippen LogP contribution in [0.3, 0.4) is 0 Å². The third-order valence-electron chi connectivity index (χ3n) is 5.81. The molecule has 1 saturated carbocycles. The van der Waals surface area contributed by atoms with Crippen molar-refractivity contribution < 1.29 is 14.8 Å². The number of hydrogen-bond donors (Lipinski definition) is 3. The zero-order valence-corrected chi connectivity index (χ0v) is 15.6. The van der Waals surface area contributed by atoms with E-state index in [1.165, 1.54) is 0 Å². The molecule has 2 aliphatic heterocycles. The van der Waals surface area contributed by atoms with Gasteiger partial charge in [0.15, 0.2) is 0 Å². The van der Waals surface area contributed by atoms with Crippen molar-refractivity contribution >= 4 is 17.3 Å². The van der Waals surface area contributed by atoms with Gasteiger partial charge >= 0.3 is 0 Å². The number of β-amino-alcohol motifs (C(OH)–C–C–N with tert-alkyl or cyclic N) is 1. The quantitative estimate of drug-likeness (QED) is 0.756. The van der Waals surface area contributed by atoms with E-state index in [9.17, 15) is 9.90 Å². The van der Waals surface area contributed by atoms with Crippen LogP contribution in [0.15, 0.2) is 42.5 Å². The average Bonchev–Trinajstić information content (AvgIpc) is 3.26. The normalized spacial score (nSPS) is 20.2. The Balaban J connectivity index is 1.22. The molecule has 1 aliphatic carbocycles. The predicted molar refractivity (Wildman–Crippen MR) is 107 cm³/mol. The highest BCUT2D eigenvalue weighted by atomic mass is 16.8. The maximum Gasteiger partial charge on any atom is 0.253 e. The van der Waals surface area contributed by atoms with Crippen molar-refractivity contribution in [3.8, 4) is 11.1 Å². The average molecular weight is 380 g/mol. The lowest BCUT2D eigenvalue weighted by Crippen LogP contribution is -2.50. The van der Waals surface area contributed by atoms with Crippen LogP contribution in [0.2, 0.25) is 0 Å². The minimum Gasteiger partial charge on any atom is -0.389 e. The Morgan fingerprint density at radius 1 is 0.964 bits per heavy atom. The Morgan fingerprint density at radius 3 is 2.36 bits per heavy atom. The first kappa shape index (κ1) is 17.5. The van der Waals surface area contributed by atoms with Crippen molar-refractivity contribution in [3.05, 3.63) is 48.0 Å². The van der Waals surface area contributed by atoms with Crippen LogP contribution >= 0.6 is 0 Å². The van der Waals surface area contributed by atoms with Crippen molar-refractivity contribution in [2.45, 2.75) is 18.4 Å². The number of nitrogens with zero attached hydrogens (tertiary/aromatic N) is 2. The molecule has 2 aromatic carbocycles. The Bertz CT molecular complexity index is 887. The molecule has 1 saturated heterocycles. The molecular formula is C21H24N4O3. The summed E-state index contributed by atoms with van der Waals surface area (Å²) >= 11 is 0. The first-order valence-electron chi connectivity index (χ1n) is 9.76. The summed E-state index contributed by atoms with van der Waals surface area (Å²) < 4.78 is 0. The third-order valence-corrected chi connectivity index (χ3v) is 5.81. The highest BCUT2D eigenvalue weighted by Crippen LogP contribution is 2.36. The largest absolute Gasteiger partial charge is 0.389 e. The van der Waals surface area contributed by atoms with Crippen LogP contribution in [0.5, 0.6) is 0 Å². The number of benzene rings is 2.